The molecule has 2 rings (SSSR count). The third-order valence-electron chi connectivity index (χ3n) is 2.30. The second kappa shape index (κ2) is 3.86. The molecule has 0 aliphatic heterocycles. The Morgan fingerprint density at radius 3 is 3.13 bits per heavy atom. The van der Waals surface area contributed by atoms with Crippen LogP contribution >= 0.6 is 0 Å². The summed E-state index contributed by atoms with van der Waals surface area (Å²) in [7, 11) is 3.96. The summed E-state index contributed by atoms with van der Waals surface area (Å²) < 4.78 is 1.66. The van der Waals surface area contributed by atoms with Crippen LogP contribution in [0.2, 0.25) is 0 Å². The molecule has 82 valence electrons. The van der Waals surface area contributed by atoms with Gasteiger partial charge in [0.15, 0.2) is 5.65 Å². The van der Waals surface area contributed by atoms with Gasteiger partial charge in [-0.15, -0.1) is 0 Å². The molecule has 0 fully saturated rings. The molecule has 2 heterocycles. The van der Waals surface area contributed by atoms with Crippen LogP contribution in [0.25, 0.3) is 11.2 Å². The number of aromatic amines is 1. The Labute approximate surface area is 88.8 Å². The molecule has 2 aromatic heterocycles. The molecule has 0 spiro atoms. The van der Waals surface area contributed by atoms with Crippen molar-refractivity contribution in [2.45, 2.75) is 6.54 Å². The summed E-state index contributed by atoms with van der Waals surface area (Å²) in [5.74, 6) is 0. The van der Waals surface area contributed by atoms with Gasteiger partial charge in [-0.2, -0.15) is 0 Å². The van der Waals surface area contributed by atoms with Gasteiger partial charge in [0.1, 0.15) is 0 Å². The highest BCUT2D eigenvalue weighted by molar-refractivity contribution is 5.69. The molecule has 0 aliphatic carbocycles. The first-order chi connectivity index (χ1) is 7.18. The van der Waals surface area contributed by atoms with E-state index in [1.807, 2.05) is 31.1 Å². The highest BCUT2D eigenvalue weighted by atomic mass is 16.1. The van der Waals surface area contributed by atoms with Crippen molar-refractivity contribution in [2.75, 3.05) is 20.6 Å². The molecule has 2 aromatic rings. The number of imidazole rings is 1. The highest BCUT2D eigenvalue weighted by Gasteiger charge is 2.06. The minimum Gasteiger partial charge on any atom is -0.308 e. The summed E-state index contributed by atoms with van der Waals surface area (Å²) in [6.07, 6.45) is 1.70. The van der Waals surface area contributed by atoms with Crippen molar-refractivity contribution in [1.82, 2.24) is 19.4 Å². The van der Waals surface area contributed by atoms with Gasteiger partial charge in [-0.1, -0.05) is 0 Å². The topological polar surface area (TPSA) is 53.9 Å². The number of rotatable bonds is 3. The maximum absolute atomic E-state index is 11.6. The molecular formula is C10H16N4O. The summed E-state index contributed by atoms with van der Waals surface area (Å²) in [4.78, 5) is 20.6. The molecule has 0 aliphatic rings. The Hall–Kier alpha value is -1.62. The quantitative estimate of drug-likeness (QED) is 0.800. The molecular weight excluding hydrogens is 192 g/mol. The van der Waals surface area contributed by atoms with E-state index in [-0.39, 0.29) is 7.12 Å². The SMILES string of the molecule is CN(C)CCn1c(=O)[nH]c2cccnc21.[HH]. The molecule has 0 unspecified atom stereocenters. The molecule has 0 aromatic carbocycles. The van der Waals surface area contributed by atoms with Crippen molar-refractivity contribution in [3.8, 4) is 0 Å². The zero-order chi connectivity index (χ0) is 10.8. The maximum atomic E-state index is 11.6. The fourth-order valence-electron chi connectivity index (χ4n) is 1.50. The number of nitrogens with one attached hydrogen (secondary N) is 1. The van der Waals surface area contributed by atoms with Gasteiger partial charge < -0.3 is 9.88 Å². The van der Waals surface area contributed by atoms with Crippen molar-refractivity contribution < 1.29 is 1.43 Å². The van der Waals surface area contributed by atoms with E-state index in [1.54, 1.807) is 10.8 Å². The first kappa shape index (κ1) is 9.92. The number of nitrogens with zero attached hydrogens (tertiary/aromatic N) is 3. The Morgan fingerprint density at radius 2 is 2.40 bits per heavy atom. The normalized spacial score (nSPS) is 11.4. The van der Waals surface area contributed by atoms with Gasteiger partial charge in [0.25, 0.3) is 0 Å². The van der Waals surface area contributed by atoms with E-state index in [1.165, 1.54) is 0 Å². The zero-order valence-corrected chi connectivity index (χ0v) is 8.90. The maximum Gasteiger partial charge on any atom is 0.327 e. The molecule has 5 heteroatoms. The lowest BCUT2D eigenvalue weighted by Crippen LogP contribution is -2.24. The van der Waals surface area contributed by atoms with Crippen LogP contribution < -0.4 is 5.69 Å². The molecule has 0 saturated carbocycles. The second-order valence-electron chi connectivity index (χ2n) is 3.76. The second-order valence-corrected chi connectivity index (χ2v) is 3.76. The number of fused-ring (bicyclic) bond motifs is 1. The van der Waals surface area contributed by atoms with Crippen LogP contribution in [0.3, 0.4) is 0 Å². The van der Waals surface area contributed by atoms with Gasteiger partial charge in [0.2, 0.25) is 0 Å². The van der Waals surface area contributed by atoms with E-state index in [0.29, 0.717) is 6.54 Å². The summed E-state index contributed by atoms with van der Waals surface area (Å²) in [6.45, 7) is 1.48. The lowest BCUT2D eigenvalue weighted by Gasteiger charge is -2.09. The number of aromatic nitrogens is 3. The number of pyridine rings is 1. The average Bonchev–Trinajstić information content (AvgIpc) is 2.50. The van der Waals surface area contributed by atoms with Gasteiger partial charge in [-0.05, 0) is 26.2 Å². The van der Waals surface area contributed by atoms with Gasteiger partial charge in [0.05, 0.1) is 5.52 Å². The predicted molar refractivity (Wildman–Crippen MR) is 61.0 cm³/mol. The fraction of sp³-hybridized carbons (Fsp3) is 0.400. The lowest BCUT2D eigenvalue weighted by atomic mass is 10.4. The summed E-state index contributed by atoms with van der Waals surface area (Å²) in [5, 5.41) is 0. The van der Waals surface area contributed by atoms with Gasteiger partial charge in [0, 0.05) is 20.7 Å². The Balaban J connectivity index is 0.00000128. The largest absolute Gasteiger partial charge is 0.327 e. The van der Waals surface area contributed by atoms with E-state index in [9.17, 15) is 4.79 Å². The van der Waals surface area contributed by atoms with Gasteiger partial charge in [-0.25, -0.2) is 9.78 Å². The lowest BCUT2D eigenvalue weighted by molar-refractivity contribution is 0.383. The van der Waals surface area contributed by atoms with E-state index >= 15 is 0 Å². The Morgan fingerprint density at radius 1 is 1.60 bits per heavy atom. The molecule has 0 bridgehead atoms. The molecule has 0 saturated heterocycles. The molecule has 1 N–H and O–H groups in total. The third kappa shape index (κ3) is 1.92. The van der Waals surface area contributed by atoms with Crippen molar-refractivity contribution in [2.24, 2.45) is 0 Å². The number of likely N-dealkylation sites (N-methyl/N-ethyl adjacent to an activating group) is 1. The summed E-state index contributed by atoms with van der Waals surface area (Å²) in [6, 6.07) is 3.67. The van der Waals surface area contributed by atoms with Crippen LogP contribution in [0.4, 0.5) is 0 Å². The molecule has 0 radical (unpaired) electrons. The zero-order valence-electron chi connectivity index (χ0n) is 8.90. The monoisotopic (exact) mass is 208 g/mol. The summed E-state index contributed by atoms with van der Waals surface area (Å²) in [5.41, 5.74) is 1.43. The Kier molecular flexibility index (Phi) is 2.55. The first-order valence-electron chi connectivity index (χ1n) is 4.87. The Bertz CT molecular complexity index is 517. The first-order valence-corrected chi connectivity index (χ1v) is 4.87. The fourth-order valence-corrected chi connectivity index (χ4v) is 1.50. The molecule has 15 heavy (non-hydrogen) atoms. The van der Waals surface area contributed by atoms with Crippen molar-refractivity contribution in [1.29, 1.82) is 0 Å². The number of H-pyrrole nitrogens is 1. The molecule has 5 nitrogen and oxygen atoms in total. The van der Waals surface area contributed by atoms with Crippen LogP contribution in [0, 0.1) is 0 Å². The molecule has 0 amide bonds. The van der Waals surface area contributed by atoms with Crippen LogP contribution in [0.5, 0.6) is 0 Å². The third-order valence-corrected chi connectivity index (χ3v) is 2.30. The van der Waals surface area contributed by atoms with E-state index < -0.39 is 0 Å². The standard InChI is InChI=1S/C10H14N4O.H2/c1-13(2)6-7-14-9-8(12-10(14)15)4-3-5-11-9;/h3-5H,6-7H2,1-2H3,(H,12,15);1H. The smallest absolute Gasteiger partial charge is 0.308 e. The van der Waals surface area contributed by atoms with Gasteiger partial charge in [-0.3, -0.25) is 4.57 Å². The minimum absolute atomic E-state index is 0. The minimum atomic E-state index is -0.0921. The van der Waals surface area contributed by atoms with Crippen LogP contribution in [-0.2, 0) is 6.54 Å². The average molecular weight is 208 g/mol. The van der Waals surface area contributed by atoms with E-state index in [2.05, 4.69) is 9.97 Å². The highest BCUT2D eigenvalue weighted by Crippen LogP contribution is 2.04. The molecule has 0 atom stereocenters. The number of hydrogen-bond acceptors (Lipinski definition) is 3. The van der Waals surface area contributed by atoms with E-state index in [0.717, 1.165) is 17.7 Å². The van der Waals surface area contributed by atoms with E-state index in [4.69, 9.17) is 0 Å². The van der Waals surface area contributed by atoms with Crippen molar-refractivity contribution in [3.05, 3.63) is 28.8 Å². The van der Waals surface area contributed by atoms with Gasteiger partial charge >= 0.3 is 5.69 Å². The number of hydrogen-bond donors (Lipinski definition) is 1. The predicted octanol–water partition coefficient (Wildman–Crippen LogP) is 0.532. The van der Waals surface area contributed by atoms with Crippen molar-refractivity contribution >= 4 is 11.2 Å². The summed E-state index contributed by atoms with van der Waals surface area (Å²) >= 11 is 0. The van der Waals surface area contributed by atoms with Crippen LogP contribution in [0.1, 0.15) is 1.43 Å². The van der Waals surface area contributed by atoms with Crippen LogP contribution in [-0.4, -0.2) is 40.1 Å². The van der Waals surface area contributed by atoms with Crippen molar-refractivity contribution in [3.63, 3.8) is 0 Å². The van der Waals surface area contributed by atoms with Crippen LogP contribution in [0.15, 0.2) is 23.1 Å².